The summed E-state index contributed by atoms with van der Waals surface area (Å²) in [6.45, 7) is 1.24. The molecule has 20 heavy (non-hydrogen) atoms. The third kappa shape index (κ3) is 4.02. The van der Waals surface area contributed by atoms with Crippen molar-refractivity contribution >= 4 is 11.8 Å². The second-order valence-corrected chi connectivity index (χ2v) is 7.76. The van der Waals surface area contributed by atoms with E-state index in [2.05, 4.69) is 47.4 Å². The Morgan fingerprint density at radius 2 is 1.75 bits per heavy atom. The highest BCUT2D eigenvalue weighted by atomic mass is 32.2. The van der Waals surface area contributed by atoms with Crippen LogP contribution in [0, 0.1) is 0 Å². The van der Waals surface area contributed by atoms with E-state index in [0.29, 0.717) is 0 Å². The Morgan fingerprint density at radius 3 is 2.45 bits per heavy atom. The fourth-order valence-electron chi connectivity index (χ4n) is 3.62. The van der Waals surface area contributed by atoms with Gasteiger partial charge in [0.1, 0.15) is 0 Å². The van der Waals surface area contributed by atoms with Crippen LogP contribution < -0.4 is 5.32 Å². The number of rotatable bonds is 4. The zero-order valence-corrected chi connectivity index (χ0v) is 13.2. The van der Waals surface area contributed by atoms with Gasteiger partial charge in [-0.3, -0.25) is 0 Å². The van der Waals surface area contributed by atoms with E-state index in [-0.39, 0.29) is 0 Å². The fourth-order valence-corrected chi connectivity index (χ4v) is 4.87. The van der Waals surface area contributed by atoms with Crippen molar-refractivity contribution in [2.45, 2.75) is 62.2 Å². The third-order valence-electron chi connectivity index (χ3n) is 4.91. The maximum atomic E-state index is 3.84. The summed E-state index contributed by atoms with van der Waals surface area (Å²) in [5.74, 6) is 2.19. The minimum absolute atomic E-state index is 0.775. The summed E-state index contributed by atoms with van der Waals surface area (Å²) in [5.41, 5.74) is 1.55. The number of thioether (sulfide) groups is 1. The Balaban J connectivity index is 1.40. The molecule has 1 N–H and O–H groups in total. The minimum Gasteiger partial charge on any atom is -0.313 e. The van der Waals surface area contributed by atoms with Crippen molar-refractivity contribution in [1.82, 2.24) is 5.32 Å². The van der Waals surface area contributed by atoms with Gasteiger partial charge in [-0.05, 0) is 55.8 Å². The maximum absolute atomic E-state index is 3.84. The van der Waals surface area contributed by atoms with Crippen molar-refractivity contribution in [2.24, 2.45) is 0 Å². The van der Waals surface area contributed by atoms with Crippen LogP contribution in [-0.2, 0) is 0 Å². The van der Waals surface area contributed by atoms with Crippen LogP contribution in [0.1, 0.15) is 56.4 Å². The monoisotopic (exact) mass is 289 g/mol. The molecule has 3 rings (SSSR count). The summed E-state index contributed by atoms with van der Waals surface area (Å²) < 4.78 is 0. The van der Waals surface area contributed by atoms with Crippen LogP contribution in [-0.4, -0.2) is 23.6 Å². The number of hydrogen-bond acceptors (Lipinski definition) is 2. The Hall–Kier alpha value is -0.470. The number of hydrogen-bond donors (Lipinski definition) is 1. The lowest BCUT2D eigenvalue weighted by Crippen LogP contribution is -2.37. The summed E-state index contributed by atoms with van der Waals surface area (Å²) in [6, 6.07) is 11.9. The summed E-state index contributed by atoms with van der Waals surface area (Å²) in [6.07, 6.45) is 9.74. The van der Waals surface area contributed by atoms with Gasteiger partial charge in [-0.1, -0.05) is 36.8 Å². The SMILES string of the molecule is c1ccc(C2CCC(NCC3CCCCS3)CC2)cc1. The second kappa shape index (κ2) is 7.51. The van der Waals surface area contributed by atoms with Gasteiger partial charge < -0.3 is 5.32 Å². The van der Waals surface area contributed by atoms with E-state index < -0.39 is 0 Å². The molecule has 1 aromatic carbocycles. The molecular weight excluding hydrogens is 262 g/mol. The topological polar surface area (TPSA) is 12.0 Å². The van der Waals surface area contributed by atoms with Crippen molar-refractivity contribution < 1.29 is 0 Å². The van der Waals surface area contributed by atoms with Gasteiger partial charge in [0.15, 0.2) is 0 Å². The van der Waals surface area contributed by atoms with E-state index in [9.17, 15) is 0 Å². The molecule has 2 fully saturated rings. The van der Waals surface area contributed by atoms with Crippen LogP contribution in [0.25, 0.3) is 0 Å². The maximum Gasteiger partial charge on any atom is 0.0172 e. The fraction of sp³-hybridized carbons (Fsp3) is 0.667. The lowest BCUT2D eigenvalue weighted by atomic mass is 9.82. The predicted molar refractivity (Wildman–Crippen MR) is 89.5 cm³/mol. The molecule has 1 aromatic rings. The number of nitrogens with one attached hydrogen (secondary N) is 1. The van der Waals surface area contributed by atoms with Gasteiger partial charge in [0.25, 0.3) is 0 Å². The van der Waals surface area contributed by atoms with Gasteiger partial charge in [-0.15, -0.1) is 0 Å². The largest absolute Gasteiger partial charge is 0.313 e. The van der Waals surface area contributed by atoms with E-state index in [1.165, 1.54) is 57.2 Å². The van der Waals surface area contributed by atoms with Crippen LogP contribution in [0.3, 0.4) is 0 Å². The molecule has 0 spiro atoms. The molecule has 2 aliphatic rings. The number of benzene rings is 1. The van der Waals surface area contributed by atoms with Crippen molar-refractivity contribution in [1.29, 1.82) is 0 Å². The van der Waals surface area contributed by atoms with Crippen molar-refractivity contribution in [3.8, 4) is 0 Å². The van der Waals surface area contributed by atoms with Crippen LogP contribution >= 0.6 is 11.8 Å². The van der Waals surface area contributed by atoms with E-state index >= 15 is 0 Å². The molecule has 2 heteroatoms. The average Bonchev–Trinajstić information content (AvgIpc) is 2.55. The van der Waals surface area contributed by atoms with Gasteiger partial charge in [0.2, 0.25) is 0 Å². The highest BCUT2D eigenvalue weighted by molar-refractivity contribution is 7.99. The first-order chi connectivity index (χ1) is 9.92. The molecular formula is C18H27NS. The van der Waals surface area contributed by atoms with Crippen molar-refractivity contribution in [3.05, 3.63) is 35.9 Å². The lowest BCUT2D eigenvalue weighted by molar-refractivity contribution is 0.341. The molecule has 1 nitrogen and oxygen atoms in total. The molecule has 0 aromatic heterocycles. The molecule has 1 aliphatic carbocycles. The van der Waals surface area contributed by atoms with Gasteiger partial charge in [0.05, 0.1) is 0 Å². The highest BCUT2D eigenvalue weighted by Crippen LogP contribution is 2.33. The molecule has 0 bridgehead atoms. The average molecular weight is 289 g/mol. The molecule has 1 unspecified atom stereocenters. The molecule has 0 amide bonds. The first-order valence-corrected chi connectivity index (χ1v) is 9.36. The Kier molecular flexibility index (Phi) is 5.43. The van der Waals surface area contributed by atoms with Crippen LogP contribution in [0.5, 0.6) is 0 Å². The molecule has 110 valence electrons. The summed E-state index contributed by atoms with van der Waals surface area (Å²) in [4.78, 5) is 0. The molecule has 1 saturated heterocycles. The minimum atomic E-state index is 0.775. The zero-order valence-electron chi connectivity index (χ0n) is 12.4. The van der Waals surface area contributed by atoms with Crippen molar-refractivity contribution in [2.75, 3.05) is 12.3 Å². The van der Waals surface area contributed by atoms with Crippen LogP contribution in [0.2, 0.25) is 0 Å². The molecule has 1 aliphatic heterocycles. The summed E-state index contributed by atoms with van der Waals surface area (Å²) in [7, 11) is 0. The van der Waals surface area contributed by atoms with Gasteiger partial charge in [-0.25, -0.2) is 0 Å². The molecule has 0 radical (unpaired) electrons. The van der Waals surface area contributed by atoms with Gasteiger partial charge in [0, 0.05) is 17.8 Å². The zero-order chi connectivity index (χ0) is 13.6. The molecule has 1 saturated carbocycles. The van der Waals surface area contributed by atoms with Crippen LogP contribution in [0.15, 0.2) is 30.3 Å². The van der Waals surface area contributed by atoms with Gasteiger partial charge >= 0.3 is 0 Å². The Morgan fingerprint density at radius 1 is 0.950 bits per heavy atom. The standard InChI is InChI=1S/C18H27NS/c1-2-6-15(7-3-1)16-9-11-17(12-10-16)19-14-18-8-4-5-13-20-18/h1-3,6-7,16-19H,4-5,8-14H2. The molecule has 1 atom stereocenters. The summed E-state index contributed by atoms with van der Waals surface area (Å²) in [5, 5.41) is 4.73. The van der Waals surface area contributed by atoms with E-state index in [4.69, 9.17) is 0 Å². The first-order valence-electron chi connectivity index (χ1n) is 8.32. The lowest BCUT2D eigenvalue weighted by Gasteiger charge is -2.31. The Labute approximate surface area is 127 Å². The van der Waals surface area contributed by atoms with E-state index in [1.54, 1.807) is 5.56 Å². The predicted octanol–water partition coefficient (Wildman–Crippen LogP) is 4.59. The second-order valence-electron chi connectivity index (χ2n) is 6.36. The third-order valence-corrected chi connectivity index (χ3v) is 6.30. The smallest absolute Gasteiger partial charge is 0.0172 e. The van der Waals surface area contributed by atoms with E-state index in [0.717, 1.165) is 17.2 Å². The quantitative estimate of drug-likeness (QED) is 0.870. The van der Waals surface area contributed by atoms with Gasteiger partial charge in [-0.2, -0.15) is 11.8 Å². The van der Waals surface area contributed by atoms with Crippen LogP contribution in [0.4, 0.5) is 0 Å². The van der Waals surface area contributed by atoms with E-state index in [1.807, 2.05) is 0 Å². The highest BCUT2D eigenvalue weighted by Gasteiger charge is 2.23. The molecule has 1 heterocycles. The Bertz CT molecular complexity index is 378. The summed E-state index contributed by atoms with van der Waals surface area (Å²) >= 11 is 2.19. The first kappa shape index (κ1) is 14.5. The normalized spacial score (nSPS) is 31.1. The van der Waals surface area contributed by atoms with Crippen molar-refractivity contribution in [3.63, 3.8) is 0 Å².